The quantitative estimate of drug-likeness (QED) is 0.876. The summed E-state index contributed by atoms with van der Waals surface area (Å²) in [6.07, 6.45) is -4.74. The number of benzene rings is 1. The number of halogens is 4. The van der Waals surface area contributed by atoms with Crippen LogP contribution in [0.1, 0.15) is 11.5 Å². The van der Waals surface area contributed by atoms with Crippen LogP contribution < -0.4 is 10.1 Å². The van der Waals surface area contributed by atoms with Crippen molar-refractivity contribution < 1.29 is 22.3 Å². The Morgan fingerprint density at radius 1 is 1.29 bits per heavy atom. The highest BCUT2D eigenvalue weighted by Gasteiger charge is 2.31. The number of anilines is 1. The fourth-order valence-electron chi connectivity index (χ4n) is 1.54. The fraction of sp³-hybridized carbons (Fsp3) is 0.154. The largest absolute Gasteiger partial charge is 0.573 e. The van der Waals surface area contributed by atoms with Crippen LogP contribution >= 0.6 is 15.9 Å². The van der Waals surface area contributed by atoms with Crippen molar-refractivity contribution in [3.63, 3.8) is 0 Å². The summed E-state index contributed by atoms with van der Waals surface area (Å²) in [6.45, 7) is 0.299. The van der Waals surface area contributed by atoms with Crippen molar-refractivity contribution in [1.29, 1.82) is 5.26 Å². The number of hydrogen-bond acceptors (Lipinski definition) is 4. The first kappa shape index (κ1) is 15.3. The van der Waals surface area contributed by atoms with Gasteiger partial charge in [0, 0.05) is 5.69 Å². The highest BCUT2D eigenvalue weighted by molar-refractivity contribution is 9.10. The summed E-state index contributed by atoms with van der Waals surface area (Å²) in [6, 6.07) is 9.13. The summed E-state index contributed by atoms with van der Waals surface area (Å²) in [4.78, 5) is 0. The average molecular weight is 361 g/mol. The molecule has 1 aromatic heterocycles. The van der Waals surface area contributed by atoms with E-state index in [0.29, 0.717) is 18.0 Å². The first-order valence-electron chi connectivity index (χ1n) is 5.65. The Bertz CT molecular complexity index is 677. The van der Waals surface area contributed by atoms with E-state index in [-0.39, 0.29) is 16.0 Å². The number of nitriles is 1. The van der Waals surface area contributed by atoms with Gasteiger partial charge in [-0.05, 0) is 46.3 Å². The van der Waals surface area contributed by atoms with E-state index >= 15 is 0 Å². The molecule has 0 unspecified atom stereocenters. The molecule has 0 aliphatic heterocycles. The second-order valence-electron chi connectivity index (χ2n) is 3.92. The Hall–Kier alpha value is -2.14. The van der Waals surface area contributed by atoms with Gasteiger partial charge in [-0.25, -0.2) is 0 Å². The predicted octanol–water partition coefficient (Wildman–Crippen LogP) is 4.42. The molecule has 2 aromatic rings. The van der Waals surface area contributed by atoms with Gasteiger partial charge in [-0.1, -0.05) is 0 Å². The van der Waals surface area contributed by atoms with Crippen LogP contribution in [0, 0.1) is 11.3 Å². The third-order valence-electron chi connectivity index (χ3n) is 2.40. The lowest BCUT2D eigenvalue weighted by atomic mass is 10.3. The van der Waals surface area contributed by atoms with E-state index in [0.717, 1.165) is 0 Å². The van der Waals surface area contributed by atoms with E-state index in [2.05, 4.69) is 26.0 Å². The Morgan fingerprint density at radius 2 is 2.05 bits per heavy atom. The molecule has 0 radical (unpaired) electrons. The van der Waals surface area contributed by atoms with Gasteiger partial charge in [0.25, 0.3) is 0 Å². The van der Waals surface area contributed by atoms with Gasteiger partial charge < -0.3 is 14.5 Å². The maximum Gasteiger partial charge on any atom is 0.573 e. The topological polar surface area (TPSA) is 58.2 Å². The molecule has 0 fully saturated rings. The molecule has 0 saturated carbocycles. The number of nitrogens with zero attached hydrogens (tertiary/aromatic N) is 1. The normalized spacial score (nSPS) is 11.0. The van der Waals surface area contributed by atoms with Crippen molar-refractivity contribution in [3.05, 3.63) is 46.3 Å². The van der Waals surface area contributed by atoms with E-state index in [4.69, 9.17) is 9.68 Å². The maximum atomic E-state index is 12.1. The molecule has 21 heavy (non-hydrogen) atoms. The molecule has 0 bridgehead atoms. The molecule has 0 spiro atoms. The molecule has 8 heteroatoms. The molecular weight excluding hydrogens is 353 g/mol. The number of alkyl halides is 3. The number of hydrogen-bond donors (Lipinski definition) is 1. The lowest BCUT2D eigenvalue weighted by Crippen LogP contribution is -2.17. The molecule has 0 aliphatic rings. The predicted molar refractivity (Wildman–Crippen MR) is 71.6 cm³/mol. The summed E-state index contributed by atoms with van der Waals surface area (Å²) in [5.74, 6) is 0.415. The molecule has 110 valence electrons. The lowest BCUT2D eigenvalue weighted by molar-refractivity contribution is -0.274. The zero-order valence-corrected chi connectivity index (χ0v) is 12.0. The van der Waals surface area contributed by atoms with E-state index in [1.165, 1.54) is 24.3 Å². The highest BCUT2D eigenvalue weighted by atomic mass is 79.9. The smallest absolute Gasteiger partial charge is 0.449 e. The minimum absolute atomic E-state index is 0.169. The average Bonchev–Trinajstić information content (AvgIpc) is 2.86. The summed E-state index contributed by atoms with van der Waals surface area (Å²) in [5, 5.41) is 11.6. The van der Waals surface area contributed by atoms with Gasteiger partial charge >= 0.3 is 6.36 Å². The molecular formula is C13H8BrF3N2O2. The number of rotatable bonds is 4. The van der Waals surface area contributed by atoms with Crippen LogP contribution in [0.4, 0.5) is 18.9 Å². The molecule has 0 saturated heterocycles. The van der Waals surface area contributed by atoms with Gasteiger partial charge in [0.1, 0.15) is 17.6 Å². The minimum atomic E-state index is -4.74. The number of furan rings is 1. The fourth-order valence-corrected chi connectivity index (χ4v) is 2.00. The lowest BCUT2D eigenvalue weighted by Gasteiger charge is -2.12. The van der Waals surface area contributed by atoms with Gasteiger partial charge in [-0.2, -0.15) is 5.26 Å². The zero-order valence-electron chi connectivity index (χ0n) is 10.4. The van der Waals surface area contributed by atoms with Crippen LogP contribution in [-0.2, 0) is 6.54 Å². The van der Waals surface area contributed by atoms with Crippen molar-refractivity contribution in [3.8, 4) is 11.8 Å². The minimum Gasteiger partial charge on any atom is -0.449 e. The second kappa shape index (κ2) is 6.10. The highest BCUT2D eigenvalue weighted by Crippen LogP contribution is 2.32. The Morgan fingerprint density at radius 3 is 2.62 bits per heavy atom. The van der Waals surface area contributed by atoms with E-state index in [9.17, 15) is 13.2 Å². The molecule has 2 rings (SSSR count). The first-order chi connectivity index (χ1) is 9.87. The Balaban J connectivity index is 2.02. The molecule has 0 amide bonds. The zero-order chi connectivity index (χ0) is 15.5. The molecule has 1 heterocycles. The SMILES string of the molecule is N#Cc1ccc(CNc2ccc(OC(F)(F)F)c(Br)c2)o1. The standard InChI is InChI=1S/C13H8BrF3N2O2/c14-11-5-8(1-4-12(11)21-13(15,16)17)19-7-10-3-2-9(6-18)20-10/h1-5,19H,7H2. The number of nitrogens with one attached hydrogen (secondary N) is 1. The van der Waals surface area contributed by atoms with Crippen molar-refractivity contribution in [1.82, 2.24) is 0 Å². The van der Waals surface area contributed by atoms with Crippen molar-refractivity contribution in [2.45, 2.75) is 12.9 Å². The number of ether oxygens (including phenoxy) is 1. The molecule has 0 atom stereocenters. The third kappa shape index (κ3) is 4.43. The van der Waals surface area contributed by atoms with Crippen molar-refractivity contribution in [2.75, 3.05) is 5.32 Å². The van der Waals surface area contributed by atoms with Crippen molar-refractivity contribution in [2.24, 2.45) is 0 Å². The van der Waals surface area contributed by atoms with E-state index in [1.54, 1.807) is 6.07 Å². The van der Waals surface area contributed by atoms with Gasteiger partial charge in [-0.3, -0.25) is 0 Å². The summed E-state index contributed by atoms with van der Waals surface area (Å²) in [7, 11) is 0. The summed E-state index contributed by atoms with van der Waals surface area (Å²) in [5.41, 5.74) is 0.575. The van der Waals surface area contributed by atoms with Crippen LogP contribution in [0.25, 0.3) is 0 Å². The van der Waals surface area contributed by atoms with Crippen LogP contribution in [0.5, 0.6) is 5.75 Å². The van der Waals surface area contributed by atoms with Gasteiger partial charge in [0.15, 0.2) is 0 Å². The van der Waals surface area contributed by atoms with Gasteiger partial charge in [-0.15, -0.1) is 13.2 Å². The molecule has 0 aliphatic carbocycles. The Labute approximate surface area is 126 Å². The third-order valence-corrected chi connectivity index (χ3v) is 3.02. The molecule has 1 aromatic carbocycles. The van der Waals surface area contributed by atoms with Crippen LogP contribution in [0.3, 0.4) is 0 Å². The van der Waals surface area contributed by atoms with Gasteiger partial charge in [0.05, 0.1) is 11.0 Å². The van der Waals surface area contributed by atoms with Crippen LogP contribution in [0.15, 0.2) is 39.2 Å². The monoisotopic (exact) mass is 360 g/mol. The van der Waals surface area contributed by atoms with Crippen LogP contribution in [0.2, 0.25) is 0 Å². The molecule has 4 nitrogen and oxygen atoms in total. The molecule has 1 N–H and O–H groups in total. The first-order valence-corrected chi connectivity index (χ1v) is 6.44. The second-order valence-corrected chi connectivity index (χ2v) is 4.78. The summed E-state index contributed by atoms with van der Waals surface area (Å²) >= 11 is 3.01. The van der Waals surface area contributed by atoms with E-state index in [1.807, 2.05) is 6.07 Å². The Kier molecular flexibility index (Phi) is 4.43. The van der Waals surface area contributed by atoms with Crippen LogP contribution in [-0.4, -0.2) is 6.36 Å². The van der Waals surface area contributed by atoms with Gasteiger partial charge in [0.2, 0.25) is 5.76 Å². The summed E-state index contributed by atoms with van der Waals surface area (Å²) < 4.78 is 45.6. The van der Waals surface area contributed by atoms with Crippen molar-refractivity contribution >= 4 is 21.6 Å². The maximum absolute atomic E-state index is 12.1. The van der Waals surface area contributed by atoms with E-state index < -0.39 is 6.36 Å².